The van der Waals surface area contributed by atoms with E-state index in [1.807, 2.05) is 25.1 Å². The summed E-state index contributed by atoms with van der Waals surface area (Å²) >= 11 is 0. The zero-order valence-corrected chi connectivity index (χ0v) is 13.8. The van der Waals surface area contributed by atoms with Crippen LogP contribution < -0.4 is 10.6 Å². The van der Waals surface area contributed by atoms with Crippen molar-refractivity contribution in [1.29, 1.82) is 0 Å². The molecule has 128 valence electrons. The quantitative estimate of drug-likeness (QED) is 0.731. The molecule has 0 atom stereocenters. The van der Waals surface area contributed by atoms with Gasteiger partial charge in [-0.1, -0.05) is 12.1 Å². The molecule has 25 heavy (non-hydrogen) atoms. The highest BCUT2D eigenvalue weighted by Crippen LogP contribution is 2.25. The molecule has 2 aromatic heterocycles. The van der Waals surface area contributed by atoms with Gasteiger partial charge in [0.25, 0.3) is 0 Å². The molecule has 1 aromatic carbocycles. The van der Waals surface area contributed by atoms with Crippen LogP contribution in [0.3, 0.4) is 0 Å². The molecule has 2 heterocycles. The van der Waals surface area contributed by atoms with Crippen LogP contribution in [0.2, 0.25) is 0 Å². The number of nitrogens with zero attached hydrogens (tertiary/aromatic N) is 3. The fourth-order valence-corrected chi connectivity index (χ4v) is 2.24. The third-order valence-electron chi connectivity index (χ3n) is 3.75. The minimum Gasteiger partial charge on any atom is -0.349 e. The first-order valence-electron chi connectivity index (χ1n) is 7.74. The first kappa shape index (κ1) is 16.8. The van der Waals surface area contributed by atoms with E-state index in [4.69, 9.17) is 0 Å². The minimum absolute atomic E-state index is 0.237. The summed E-state index contributed by atoms with van der Waals surface area (Å²) in [4.78, 5) is 12.9. The molecule has 0 unspecified atom stereocenters. The Labute approximate surface area is 144 Å². The molecular weight excluding hydrogens is 324 g/mol. The maximum Gasteiger partial charge on any atom is 0.225 e. The molecule has 0 bridgehead atoms. The van der Waals surface area contributed by atoms with E-state index < -0.39 is 11.6 Å². The Kier molecular flexibility index (Phi) is 4.83. The molecule has 0 amide bonds. The van der Waals surface area contributed by atoms with E-state index in [1.165, 1.54) is 18.2 Å². The van der Waals surface area contributed by atoms with E-state index in [0.717, 1.165) is 5.69 Å². The van der Waals surface area contributed by atoms with Crippen LogP contribution in [0.4, 0.5) is 26.2 Å². The summed E-state index contributed by atoms with van der Waals surface area (Å²) in [6.07, 6.45) is 1.70. The summed E-state index contributed by atoms with van der Waals surface area (Å²) in [5, 5.41) is 5.80. The molecule has 0 radical (unpaired) electrons. The normalized spacial score (nSPS) is 10.6. The first-order valence-corrected chi connectivity index (χ1v) is 7.74. The van der Waals surface area contributed by atoms with Gasteiger partial charge < -0.3 is 10.6 Å². The Balaban J connectivity index is 1.85. The third kappa shape index (κ3) is 3.88. The van der Waals surface area contributed by atoms with Crippen LogP contribution in [-0.4, -0.2) is 15.0 Å². The maximum absolute atomic E-state index is 13.9. The van der Waals surface area contributed by atoms with Gasteiger partial charge in [-0.05, 0) is 38.1 Å². The standard InChI is InChI=1S/C18H17F2N5/c1-11-12(2)23-18(22-10-13-6-3-4-9-21-13)25-17(11)24-16-14(19)7-5-8-15(16)20/h3-9H,10H2,1-2H3,(H2,22,23,24,25). The second-order valence-corrected chi connectivity index (χ2v) is 5.50. The number of benzene rings is 1. The van der Waals surface area contributed by atoms with Gasteiger partial charge >= 0.3 is 0 Å². The molecule has 5 nitrogen and oxygen atoms in total. The maximum atomic E-state index is 13.9. The van der Waals surface area contributed by atoms with E-state index in [9.17, 15) is 8.78 Å². The van der Waals surface area contributed by atoms with E-state index in [-0.39, 0.29) is 5.69 Å². The highest BCUT2D eigenvalue weighted by atomic mass is 19.1. The van der Waals surface area contributed by atoms with E-state index in [0.29, 0.717) is 29.6 Å². The van der Waals surface area contributed by atoms with Gasteiger partial charge in [0.05, 0.1) is 12.2 Å². The van der Waals surface area contributed by atoms with Gasteiger partial charge in [0.15, 0.2) is 0 Å². The van der Waals surface area contributed by atoms with Gasteiger partial charge in [-0.15, -0.1) is 0 Å². The van der Waals surface area contributed by atoms with Gasteiger partial charge in [-0.3, -0.25) is 4.98 Å². The predicted octanol–water partition coefficient (Wildman–Crippen LogP) is 4.12. The molecule has 0 aliphatic rings. The Hall–Kier alpha value is -3.09. The summed E-state index contributed by atoms with van der Waals surface area (Å²) in [6, 6.07) is 9.29. The molecule has 3 rings (SSSR count). The number of aromatic nitrogens is 3. The average Bonchev–Trinajstić information content (AvgIpc) is 2.61. The number of rotatable bonds is 5. The lowest BCUT2D eigenvalue weighted by Gasteiger charge is -2.14. The van der Waals surface area contributed by atoms with Crippen LogP contribution in [-0.2, 0) is 6.54 Å². The molecular formula is C18H17F2N5. The first-order chi connectivity index (χ1) is 12.0. The zero-order chi connectivity index (χ0) is 17.8. The zero-order valence-electron chi connectivity index (χ0n) is 13.8. The van der Waals surface area contributed by atoms with Crippen molar-refractivity contribution in [1.82, 2.24) is 15.0 Å². The third-order valence-corrected chi connectivity index (χ3v) is 3.75. The van der Waals surface area contributed by atoms with Crippen LogP contribution in [0.1, 0.15) is 17.0 Å². The lowest BCUT2D eigenvalue weighted by atomic mass is 10.2. The number of para-hydroxylation sites is 1. The van der Waals surface area contributed by atoms with Crippen LogP contribution >= 0.6 is 0 Å². The van der Waals surface area contributed by atoms with E-state index >= 15 is 0 Å². The van der Waals surface area contributed by atoms with Crippen LogP contribution in [0, 0.1) is 25.5 Å². The molecule has 0 fully saturated rings. The Morgan fingerprint density at radius 1 is 0.960 bits per heavy atom. The van der Waals surface area contributed by atoms with Crippen molar-refractivity contribution in [3.8, 4) is 0 Å². The van der Waals surface area contributed by atoms with Crippen molar-refractivity contribution in [2.24, 2.45) is 0 Å². The van der Waals surface area contributed by atoms with Crippen molar-refractivity contribution in [2.45, 2.75) is 20.4 Å². The predicted molar refractivity (Wildman–Crippen MR) is 92.7 cm³/mol. The van der Waals surface area contributed by atoms with E-state index in [1.54, 1.807) is 13.1 Å². The largest absolute Gasteiger partial charge is 0.349 e. The summed E-state index contributed by atoms with van der Waals surface area (Å²) in [7, 11) is 0. The Morgan fingerprint density at radius 2 is 1.72 bits per heavy atom. The highest BCUT2D eigenvalue weighted by molar-refractivity contribution is 5.62. The number of anilines is 3. The Morgan fingerprint density at radius 3 is 2.40 bits per heavy atom. The topological polar surface area (TPSA) is 62.7 Å². The Bertz CT molecular complexity index is 864. The van der Waals surface area contributed by atoms with Gasteiger partial charge in [-0.2, -0.15) is 4.98 Å². The van der Waals surface area contributed by atoms with Gasteiger partial charge in [-0.25, -0.2) is 13.8 Å². The van der Waals surface area contributed by atoms with Gasteiger partial charge in [0, 0.05) is 17.5 Å². The van der Waals surface area contributed by atoms with Crippen molar-refractivity contribution < 1.29 is 8.78 Å². The number of aryl methyl sites for hydroxylation is 1. The van der Waals surface area contributed by atoms with Crippen molar-refractivity contribution in [3.63, 3.8) is 0 Å². The second-order valence-electron chi connectivity index (χ2n) is 5.50. The van der Waals surface area contributed by atoms with Crippen LogP contribution in [0.5, 0.6) is 0 Å². The fourth-order valence-electron chi connectivity index (χ4n) is 2.24. The molecule has 2 N–H and O–H groups in total. The van der Waals surface area contributed by atoms with Crippen molar-refractivity contribution >= 4 is 17.5 Å². The van der Waals surface area contributed by atoms with Crippen LogP contribution in [0.15, 0.2) is 42.6 Å². The highest BCUT2D eigenvalue weighted by Gasteiger charge is 2.13. The molecule has 7 heteroatoms. The number of nitrogens with one attached hydrogen (secondary N) is 2. The second kappa shape index (κ2) is 7.21. The number of hydrogen-bond acceptors (Lipinski definition) is 5. The van der Waals surface area contributed by atoms with Crippen LogP contribution in [0.25, 0.3) is 0 Å². The smallest absolute Gasteiger partial charge is 0.225 e. The average molecular weight is 341 g/mol. The van der Waals surface area contributed by atoms with Gasteiger partial charge in [0.1, 0.15) is 23.1 Å². The van der Waals surface area contributed by atoms with Crippen molar-refractivity contribution in [3.05, 3.63) is 71.2 Å². The lowest BCUT2D eigenvalue weighted by Crippen LogP contribution is -2.10. The molecule has 0 aliphatic carbocycles. The molecule has 0 saturated heterocycles. The minimum atomic E-state index is -0.682. The van der Waals surface area contributed by atoms with Crippen molar-refractivity contribution in [2.75, 3.05) is 10.6 Å². The van der Waals surface area contributed by atoms with E-state index in [2.05, 4.69) is 25.6 Å². The SMILES string of the molecule is Cc1nc(NCc2ccccn2)nc(Nc2c(F)cccc2F)c1C. The molecule has 0 aliphatic heterocycles. The lowest BCUT2D eigenvalue weighted by molar-refractivity contribution is 0.590. The number of hydrogen-bond donors (Lipinski definition) is 2. The fraction of sp³-hybridized carbons (Fsp3) is 0.167. The monoisotopic (exact) mass is 341 g/mol. The molecule has 3 aromatic rings. The molecule has 0 spiro atoms. The van der Waals surface area contributed by atoms with Gasteiger partial charge in [0.2, 0.25) is 5.95 Å². The summed E-state index contributed by atoms with van der Waals surface area (Å²) < 4.78 is 27.7. The summed E-state index contributed by atoms with van der Waals surface area (Å²) in [5.41, 5.74) is 2.02. The number of pyridine rings is 1. The summed E-state index contributed by atoms with van der Waals surface area (Å²) in [5.74, 6) is -0.662. The molecule has 0 saturated carbocycles. The summed E-state index contributed by atoms with van der Waals surface area (Å²) in [6.45, 7) is 4.04. The number of halogens is 2.